The van der Waals surface area contributed by atoms with Crippen LogP contribution in [-0.4, -0.2) is 37.2 Å². The van der Waals surface area contributed by atoms with Crippen LogP contribution in [0, 0.1) is 0 Å². The van der Waals surface area contributed by atoms with Crippen molar-refractivity contribution >= 4 is 17.9 Å². The monoisotopic (exact) mass is 853 g/mol. The molecule has 1 unspecified atom stereocenters. The zero-order valence-electron chi connectivity index (χ0n) is 39.1. The van der Waals surface area contributed by atoms with Crippen LogP contribution in [0.5, 0.6) is 0 Å². The molecule has 0 aliphatic carbocycles. The van der Waals surface area contributed by atoms with Gasteiger partial charge in [0.1, 0.15) is 13.2 Å². The number of rotatable bonds is 40. The second-order valence-corrected chi connectivity index (χ2v) is 15.1. The summed E-state index contributed by atoms with van der Waals surface area (Å²) in [6.07, 6.45) is 69.8. The molecule has 6 nitrogen and oxygen atoms in total. The van der Waals surface area contributed by atoms with Gasteiger partial charge < -0.3 is 14.2 Å². The molecule has 0 N–H and O–H groups in total. The van der Waals surface area contributed by atoms with Crippen LogP contribution >= 0.6 is 0 Å². The van der Waals surface area contributed by atoms with Gasteiger partial charge in [-0.3, -0.25) is 14.4 Å². The zero-order chi connectivity index (χ0) is 45.1. The normalized spacial score (nSPS) is 13.4. The van der Waals surface area contributed by atoms with Crippen LogP contribution < -0.4 is 0 Å². The molecule has 6 heteroatoms. The molecule has 0 radical (unpaired) electrons. The third-order valence-corrected chi connectivity index (χ3v) is 9.26. The topological polar surface area (TPSA) is 78.9 Å². The van der Waals surface area contributed by atoms with E-state index in [-0.39, 0.29) is 44.0 Å². The van der Waals surface area contributed by atoms with Gasteiger partial charge in [0.05, 0.1) is 0 Å². The molecule has 0 heterocycles. The number of hydrogen-bond donors (Lipinski definition) is 0. The molecule has 0 spiro atoms. The fraction of sp³-hybridized carbons (Fsp3) is 0.518. The van der Waals surface area contributed by atoms with Crippen molar-refractivity contribution in [3.8, 4) is 0 Å². The SMILES string of the molecule is CC/C=C/C=C/C=C/C=C/C=C/CCCC(=O)OCC(COC(=O)CCCCC/C=C/C/C=C/C/C=C/C/C=C/CC)OC(=O)CCCCCCCCC/C=C/C=C/C=C/CC. The predicted molar refractivity (Wildman–Crippen MR) is 265 cm³/mol. The second kappa shape index (κ2) is 49.0. The van der Waals surface area contributed by atoms with Gasteiger partial charge in [0.25, 0.3) is 0 Å². The first kappa shape index (κ1) is 57.3. The summed E-state index contributed by atoms with van der Waals surface area (Å²) in [5.41, 5.74) is 0. The standard InChI is InChI=1S/C56H84O6/c1-4-7-10-13-16-19-22-25-27-29-31-34-37-40-43-46-49-55(58)61-52-53(51-60-54(57)48-45-42-39-36-33-30-24-21-18-15-12-9-6-3)62-56(59)50-47-44-41-38-35-32-28-26-23-20-17-14-11-8-5-2/h7-12,14-21,23-25,27,30-31,33-34,36,39,53H,4-6,13,22,26,28-29,32,35,37-38,40-52H2,1-3H3/b10-7+,11-8+,12-9+,17-14+,18-15+,19-16+,23-20+,24-21+,27-25+,33-30+,34-31+,39-36+. The Balaban J connectivity index is 4.60. The summed E-state index contributed by atoms with van der Waals surface area (Å²) in [6.45, 7) is 6.11. The lowest BCUT2D eigenvalue weighted by atomic mass is 10.1. The average molecular weight is 853 g/mol. The number of allylic oxidation sites excluding steroid dienone is 24. The lowest BCUT2D eigenvalue weighted by molar-refractivity contribution is -0.167. The number of ether oxygens (including phenoxy) is 3. The summed E-state index contributed by atoms with van der Waals surface area (Å²) in [7, 11) is 0. The first-order valence-corrected chi connectivity index (χ1v) is 23.9. The molecule has 1 atom stereocenters. The quantitative estimate of drug-likeness (QED) is 0.0201. The Kier molecular flexibility index (Phi) is 45.2. The second-order valence-electron chi connectivity index (χ2n) is 15.1. The summed E-state index contributed by atoms with van der Waals surface area (Å²) in [5, 5.41) is 0. The molecule has 0 aliphatic rings. The van der Waals surface area contributed by atoms with Gasteiger partial charge in [0.2, 0.25) is 0 Å². The summed E-state index contributed by atoms with van der Waals surface area (Å²) < 4.78 is 16.6. The molecule has 0 aromatic carbocycles. The molecule has 0 rings (SSSR count). The molecule has 0 fully saturated rings. The average Bonchev–Trinajstić information content (AvgIpc) is 3.27. The summed E-state index contributed by atoms with van der Waals surface area (Å²) in [4.78, 5) is 37.9. The van der Waals surface area contributed by atoms with Crippen molar-refractivity contribution in [2.75, 3.05) is 13.2 Å². The van der Waals surface area contributed by atoms with Crippen molar-refractivity contribution in [3.63, 3.8) is 0 Å². The van der Waals surface area contributed by atoms with Crippen LogP contribution in [0.15, 0.2) is 146 Å². The molecule has 0 bridgehead atoms. The summed E-state index contributed by atoms with van der Waals surface area (Å²) >= 11 is 0. The minimum atomic E-state index is -0.832. The maximum absolute atomic E-state index is 12.8. The number of hydrogen-bond acceptors (Lipinski definition) is 6. The highest BCUT2D eigenvalue weighted by molar-refractivity contribution is 5.71. The van der Waals surface area contributed by atoms with Crippen LogP contribution in [0.3, 0.4) is 0 Å². The lowest BCUT2D eigenvalue weighted by Crippen LogP contribution is -2.30. The smallest absolute Gasteiger partial charge is 0.306 e. The van der Waals surface area contributed by atoms with Gasteiger partial charge in [-0.05, 0) is 89.9 Å². The van der Waals surface area contributed by atoms with Gasteiger partial charge in [0.15, 0.2) is 6.10 Å². The van der Waals surface area contributed by atoms with Crippen molar-refractivity contribution in [1.82, 2.24) is 0 Å². The number of unbranched alkanes of at least 4 members (excludes halogenated alkanes) is 11. The van der Waals surface area contributed by atoms with E-state index in [4.69, 9.17) is 14.2 Å². The van der Waals surface area contributed by atoms with Crippen molar-refractivity contribution in [1.29, 1.82) is 0 Å². The Bertz CT molecular complexity index is 1440. The van der Waals surface area contributed by atoms with E-state index in [0.717, 1.165) is 103 Å². The number of carbonyl (C=O) groups is 3. The van der Waals surface area contributed by atoms with Crippen LogP contribution in [0.4, 0.5) is 0 Å². The van der Waals surface area contributed by atoms with Crippen molar-refractivity contribution < 1.29 is 28.6 Å². The predicted octanol–water partition coefficient (Wildman–Crippen LogP) is 15.7. The minimum Gasteiger partial charge on any atom is -0.462 e. The van der Waals surface area contributed by atoms with E-state index in [2.05, 4.69) is 112 Å². The van der Waals surface area contributed by atoms with E-state index >= 15 is 0 Å². The van der Waals surface area contributed by atoms with E-state index in [0.29, 0.717) is 12.8 Å². The zero-order valence-corrected chi connectivity index (χ0v) is 39.1. The Morgan fingerprint density at radius 1 is 0.339 bits per heavy atom. The molecule has 0 aromatic heterocycles. The van der Waals surface area contributed by atoms with Crippen LogP contribution in [-0.2, 0) is 28.6 Å². The molecule has 0 saturated heterocycles. The first-order chi connectivity index (χ1) is 30.5. The van der Waals surface area contributed by atoms with Crippen molar-refractivity contribution in [3.05, 3.63) is 146 Å². The van der Waals surface area contributed by atoms with E-state index in [9.17, 15) is 14.4 Å². The maximum atomic E-state index is 12.8. The molecule has 0 amide bonds. The Hall–Kier alpha value is -4.71. The van der Waals surface area contributed by atoms with Crippen molar-refractivity contribution in [2.24, 2.45) is 0 Å². The molecule has 0 aliphatic heterocycles. The molecular weight excluding hydrogens is 769 g/mol. The third-order valence-electron chi connectivity index (χ3n) is 9.26. The van der Waals surface area contributed by atoms with Gasteiger partial charge in [-0.2, -0.15) is 0 Å². The number of carbonyl (C=O) groups excluding carboxylic acids is 3. The fourth-order valence-electron chi connectivity index (χ4n) is 5.75. The van der Waals surface area contributed by atoms with Crippen molar-refractivity contribution in [2.45, 2.75) is 175 Å². The Labute approximate surface area is 378 Å². The fourth-order valence-corrected chi connectivity index (χ4v) is 5.75. The molecule has 344 valence electrons. The van der Waals surface area contributed by atoms with E-state index in [1.807, 2.05) is 54.7 Å². The van der Waals surface area contributed by atoms with Gasteiger partial charge in [-0.1, -0.05) is 205 Å². The summed E-state index contributed by atoms with van der Waals surface area (Å²) in [6, 6.07) is 0. The Morgan fingerprint density at radius 3 is 1.18 bits per heavy atom. The lowest BCUT2D eigenvalue weighted by Gasteiger charge is -2.18. The molecular formula is C56H84O6. The highest BCUT2D eigenvalue weighted by Crippen LogP contribution is 2.12. The van der Waals surface area contributed by atoms with E-state index in [1.165, 1.54) is 19.3 Å². The third kappa shape index (κ3) is 46.4. The summed E-state index contributed by atoms with van der Waals surface area (Å²) in [5.74, 6) is -1.06. The van der Waals surface area contributed by atoms with Gasteiger partial charge in [-0.25, -0.2) is 0 Å². The van der Waals surface area contributed by atoms with Gasteiger partial charge in [-0.15, -0.1) is 0 Å². The van der Waals surface area contributed by atoms with Crippen LogP contribution in [0.2, 0.25) is 0 Å². The van der Waals surface area contributed by atoms with Crippen LogP contribution in [0.1, 0.15) is 168 Å². The van der Waals surface area contributed by atoms with E-state index in [1.54, 1.807) is 0 Å². The van der Waals surface area contributed by atoms with E-state index < -0.39 is 6.10 Å². The first-order valence-electron chi connectivity index (χ1n) is 23.9. The van der Waals surface area contributed by atoms with Gasteiger partial charge in [0, 0.05) is 19.3 Å². The molecule has 62 heavy (non-hydrogen) atoms. The largest absolute Gasteiger partial charge is 0.462 e. The minimum absolute atomic E-state index is 0.129. The maximum Gasteiger partial charge on any atom is 0.306 e. The highest BCUT2D eigenvalue weighted by atomic mass is 16.6. The number of esters is 3. The van der Waals surface area contributed by atoms with Gasteiger partial charge >= 0.3 is 17.9 Å². The molecule has 0 saturated carbocycles. The Morgan fingerprint density at radius 2 is 0.677 bits per heavy atom. The highest BCUT2D eigenvalue weighted by Gasteiger charge is 2.19. The molecule has 0 aromatic rings. The van der Waals surface area contributed by atoms with Crippen LogP contribution in [0.25, 0.3) is 0 Å².